The van der Waals surface area contributed by atoms with Gasteiger partial charge in [-0.25, -0.2) is 5.06 Å². The molecule has 0 saturated carbocycles. The second-order valence-electron chi connectivity index (χ2n) is 2.37. The molecule has 1 aromatic carbocycles. The first-order valence-corrected chi connectivity index (χ1v) is 3.77. The minimum Gasteiger partial charge on any atom is -0.285 e. The highest BCUT2D eigenvalue weighted by Gasteiger charge is 1.88. The van der Waals surface area contributed by atoms with Crippen LogP contribution in [0.3, 0.4) is 0 Å². The Balaban J connectivity index is 2.53. The lowest BCUT2D eigenvalue weighted by atomic mass is 10.2. The smallest absolute Gasteiger partial charge is 0.234 e. The first kappa shape index (κ1) is 9.30. The van der Waals surface area contributed by atoms with Gasteiger partial charge in [0, 0.05) is 5.56 Å². The zero-order valence-electron chi connectivity index (χ0n) is 6.97. The molecule has 0 aromatic heterocycles. The summed E-state index contributed by atoms with van der Waals surface area (Å²) >= 11 is 0. The van der Waals surface area contributed by atoms with Crippen LogP contribution in [0.15, 0.2) is 30.3 Å². The van der Waals surface area contributed by atoms with E-state index in [0.717, 1.165) is 5.56 Å². The van der Waals surface area contributed by atoms with Crippen LogP contribution in [0, 0.1) is 11.8 Å². The van der Waals surface area contributed by atoms with Crippen LogP contribution < -0.4 is 0 Å². The second kappa shape index (κ2) is 4.96. The summed E-state index contributed by atoms with van der Waals surface area (Å²) in [6.45, 7) is 0.0262. The fraction of sp³-hybridized carbons (Fsp3) is 0.100. The maximum atomic E-state index is 9.96. The maximum absolute atomic E-state index is 9.96. The molecule has 1 amide bonds. The number of nitrogens with zero attached hydrogens (tertiary/aromatic N) is 1. The molecule has 0 unspecified atom stereocenters. The Morgan fingerprint density at radius 3 is 2.69 bits per heavy atom. The van der Waals surface area contributed by atoms with Gasteiger partial charge in [0.2, 0.25) is 6.41 Å². The lowest BCUT2D eigenvalue weighted by molar-refractivity contribution is -0.146. The van der Waals surface area contributed by atoms with Gasteiger partial charge in [-0.3, -0.25) is 10.0 Å². The molecule has 0 fully saturated rings. The number of carbonyl (C=O) groups excluding carboxylic acids is 1. The molecule has 1 N–H and O–H groups in total. The quantitative estimate of drug-likeness (QED) is 0.314. The predicted molar refractivity (Wildman–Crippen MR) is 47.9 cm³/mol. The molecular formula is C10H9NO2. The molecule has 0 heterocycles. The highest BCUT2D eigenvalue weighted by molar-refractivity contribution is 5.45. The van der Waals surface area contributed by atoms with E-state index in [2.05, 4.69) is 11.8 Å². The Morgan fingerprint density at radius 1 is 1.38 bits per heavy atom. The number of carbonyl (C=O) groups is 1. The number of rotatable bonds is 2. The number of hydrogen-bond acceptors (Lipinski definition) is 2. The Morgan fingerprint density at radius 2 is 2.08 bits per heavy atom. The van der Waals surface area contributed by atoms with Crippen LogP contribution in [0.25, 0.3) is 0 Å². The fourth-order valence-corrected chi connectivity index (χ4v) is 0.781. The zero-order chi connectivity index (χ0) is 9.52. The molecule has 0 bridgehead atoms. The van der Waals surface area contributed by atoms with Gasteiger partial charge in [0.1, 0.15) is 6.54 Å². The standard InChI is InChI=1S/C10H9NO2/c12-9-11(13)8-4-7-10-5-2-1-3-6-10/h1-3,5-6,9,13H,8H2. The Labute approximate surface area is 76.6 Å². The molecule has 0 aliphatic rings. The van der Waals surface area contributed by atoms with Crippen LogP contribution in [0.5, 0.6) is 0 Å². The highest BCUT2D eigenvalue weighted by Crippen LogP contribution is 1.94. The maximum Gasteiger partial charge on any atom is 0.234 e. The summed E-state index contributed by atoms with van der Waals surface area (Å²) in [6.07, 6.45) is 0.319. The van der Waals surface area contributed by atoms with E-state index in [-0.39, 0.29) is 6.54 Å². The summed E-state index contributed by atoms with van der Waals surface area (Å²) in [7, 11) is 0. The molecule has 1 rings (SSSR count). The van der Waals surface area contributed by atoms with Gasteiger partial charge in [-0.05, 0) is 12.1 Å². The third-order valence-corrected chi connectivity index (χ3v) is 1.37. The summed E-state index contributed by atoms with van der Waals surface area (Å²) in [6, 6.07) is 9.36. The molecule has 66 valence electrons. The van der Waals surface area contributed by atoms with Crippen molar-refractivity contribution in [2.75, 3.05) is 6.54 Å². The van der Waals surface area contributed by atoms with E-state index in [4.69, 9.17) is 5.21 Å². The third kappa shape index (κ3) is 3.41. The predicted octanol–water partition coefficient (Wildman–Crippen LogP) is 0.886. The molecule has 0 spiro atoms. The van der Waals surface area contributed by atoms with Crippen molar-refractivity contribution in [3.63, 3.8) is 0 Å². The van der Waals surface area contributed by atoms with Crippen molar-refractivity contribution in [1.29, 1.82) is 0 Å². The lowest BCUT2D eigenvalue weighted by Gasteiger charge is -1.99. The SMILES string of the molecule is O=CN(O)CC#Cc1ccccc1. The number of amides is 1. The van der Waals surface area contributed by atoms with E-state index in [0.29, 0.717) is 11.5 Å². The molecule has 3 nitrogen and oxygen atoms in total. The van der Waals surface area contributed by atoms with Gasteiger partial charge in [0.05, 0.1) is 0 Å². The van der Waals surface area contributed by atoms with Crippen LogP contribution in [0.4, 0.5) is 0 Å². The Bertz CT molecular complexity index is 324. The minimum atomic E-state index is 0.0262. The average Bonchev–Trinajstić information content (AvgIpc) is 2.19. The minimum absolute atomic E-state index is 0.0262. The average molecular weight is 175 g/mol. The normalized spacial score (nSPS) is 8.38. The van der Waals surface area contributed by atoms with E-state index in [1.807, 2.05) is 30.3 Å². The summed E-state index contributed by atoms with van der Waals surface area (Å²) < 4.78 is 0. The zero-order valence-corrected chi connectivity index (χ0v) is 6.97. The van der Waals surface area contributed by atoms with Crippen LogP contribution in [0.1, 0.15) is 5.56 Å². The number of hydrogen-bond donors (Lipinski definition) is 1. The van der Waals surface area contributed by atoms with Crippen molar-refractivity contribution < 1.29 is 10.0 Å². The topological polar surface area (TPSA) is 40.5 Å². The highest BCUT2D eigenvalue weighted by atomic mass is 16.5. The summed E-state index contributed by atoms with van der Waals surface area (Å²) in [5.41, 5.74) is 0.863. The molecule has 0 aliphatic heterocycles. The van der Waals surface area contributed by atoms with Crippen LogP contribution in [-0.4, -0.2) is 23.2 Å². The van der Waals surface area contributed by atoms with Crippen LogP contribution in [-0.2, 0) is 4.79 Å². The van der Waals surface area contributed by atoms with Crippen molar-refractivity contribution in [2.45, 2.75) is 0 Å². The molecule has 3 heteroatoms. The Hall–Kier alpha value is -1.79. The van der Waals surface area contributed by atoms with E-state index in [1.165, 1.54) is 0 Å². The molecule has 0 atom stereocenters. The van der Waals surface area contributed by atoms with Crippen LogP contribution in [0.2, 0.25) is 0 Å². The van der Waals surface area contributed by atoms with Crippen molar-refractivity contribution in [3.05, 3.63) is 35.9 Å². The van der Waals surface area contributed by atoms with Crippen molar-refractivity contribution in [2.24, 2.45) is 0 Å². The van der Waals surface area contributed by atoms with E-state index >= 15 is 0 Å². The fourth-order valence-electron chi connectivity index (χ4n) is 0.781. The lowest BCUT2D eigenvalue weighted by Crippen LogP contribution is -2.16. The molecule has 0 aliphatic carbocycles. The third-order valence-electron chi connectivity index (χ3n) is 1.37. The molecule has 13 heavy (non-hydrogen) atoms. The van der Waals surface area contributed by atoms with Gasteiger partial charge in [-0.2, -0.15) is 0 Å². The van der Waals surface area contributed by atoms with Gasteiger partial charge >= 0.3 is 0 Å². The summed E-state index contributed by atoms with van der Waals surface area (Å²) in [5, 5.41) is 9.19. The van der Waals surface area contributed by atoms with E-state index in [1.54, 1.807) is 0 Å². The van der Waals surface area contributed by atoms with Crippen molar-refractivity contribution in [3.8, 4) is 11.8 Å². The van der Waals surface area contributed by atoms with E-state index in [9.17, 15) is 4.79 Å². The first-order valence-electron chi connectivity index (χ1n) is 3.77. The molecular weight excluding hydrogens is 166 g/mol. The van der Waals surface area contributed by atoms with Gasteiger partial charge < -0.3 is 0 Å². The van der Waals surface area contributed by atoms with E-state index < -0.39 is 0 Å². The molecule has 1 aromatic rings. The van der Waals surface area contributed by atoms with Gasteiger partial charge in [-0.1, -0.05) is 30.0 Å². The van der Waals surface area contributed by atoms with Crippen molar-refractivity contribution in [1.82, 2.24) is 5.06 Å². The number of hydroxylamine groups is 2. The molecule has 0 saturated heterocycles. The summed E-state index contributed by atoms with van der Waals surface area (Å²) in [4.78, 5) is 9.96. The Kier molecular flexibility index (Phi) is 3.55. The first-order chi connectivity index (χ1) is 6.33. The number of benzene rings is 1. The van der Waals surface area contributed by atoms with Crippen molar-refractivity contribution >= 4 is 6.41 Å². The van der Waals surface area contributed by atoms with Gasteiger partial charge in [0.15, 0.2) is 0 Å². The van der Waals surface area contributed by atoms with Crippen LogP contribution >= 0.6 is 0 Å². The largest absolute Gasteiger partial charge is 0.285 e. The monoisotopic (exact) mass is 175 g/mol. The van der Waals surface area contributed by atoms with Gasteiger partial charge in [0.25, 0.3) is 0 Å². The summed E-state index contributed by atoms with van der Waals surface area (Å²) in [5.74, 6) is 5.45. The molecule has 0 radical (unpaired) electrons. The van der Waals surface area contributed by atoms with Gasteiger partial charge in [-0.15, -0.1) is 0 Å². The second-order valence-corrected chi connectivity index (χ2v) is 2.37.